The number of carbonyl (C=O) groups excluding carboxylic acids is 1. The van der Waals surface area contributed by atoms with E-state index in [1.54, 1.807) is 15.6 Å². The Kier molecular flexibility index (Phi) is 3.66. The first-order valence-corrected chi connectivity index (χ1v) is 5.86. The number of carbonyl (C=O) groups is 1. The molecule has 6 nitrogen and oxygen atoms in total. The van der Waals surface area contributed by atoms with Gasteiger partial charge in [0.25, 0.3) is 0 Å². The van der Waals surface area contributed by atoms with Crippen LogP contribution in [0.3, 0.4) is 0 Å². The fourth-order valence-corrected chi connectivity index (χ4v) is 1.68. The summed E-state index contributed by atoms with van der Waals surface area (Å²) in [6.07, 6.45) is 5.11. The summed E-state index contributed by atoms with van der Waals surface area (Å²) >= 11 is 5.86. The third kappa shape index (κ3) is 2.89. The van der Waals surface area contributed by atoms with E-state index in [9.17, 15) is 4.79 Å². The Hall–Kier alpha value is -1.82. The normalized spacial score (nSPS) is 10.6. The molecule has 0 saturated heterocycles. The van der Waals surface area contributed by atoms with Crippen LogP contribution in [-0.2, 0) is 24.9 Å². The molecule has 0 aromatic carbocycles. The van der Waals surface area contributed by atoms with Crippen LogP contribution in [0.25, 0.3) is 0 Å². The van der Waals surface area contributed by atoms with E-state index in [1.165, 1.54) is 6.20 Å². The van der Waals surface area contributed by atoms with Crippen LogP contribution < -0.4 is 5.32 Å². The number of halogens is 1. The number of nitrogens with zero attached hydrogens (tertiary/aromatic N) is 4. The highest BCUT2D eigenvalue weighted by molar-refractivity contribution is 6.31. The topological polar surface area (TPSA) is 64.7 Å². The van der Waals surface area contributed by atoms with Gasteiger partial charge in [0, 0.05) is 25.4 Å². The predicted octanol–water partition coefficient (Wildman–Crippen LogP) is 0.895. The van der Waals surface area contributed by atoms with Crippen molar-refractivity contribution < 1.29 is 4.79 Å². The molecular weight excluding hydrogens is 254 g/mol. The molecule has 0 aliphatic rings. The standard InChI is InChI=1S/C11H14ClN5O/c1-8-10(12)5-15-17(8)7-11(18)13-3-9-4-14-16(2)6-9/h4-6H,3,7H2,1-2H3,(H,13,18). The van der Waals surface area contributed by atoms with Gasteiger partial charge < -0.3 is 5.32 Å². The Morgan fingerprint density at radius 1 is 1.44 bits per heavy atom. The van der Waals surface area contributed by atoms with Crippen molar-refractivity contribution in [2.75, 3.05) is 0 Å². The number of aromatic nitrogens is 4. The molecule has 0 fully saturated rings. The van der Waals surface area contributed by atoms with Gasteiger partial charge in [0.15, 0.2) is 0 Å². The zero-order valence-electron chi connectivity index (χ0n) is 10.2. The van der Waals surface area contributed by atoms with Crippen LogP contribution in [0.1, 0.15) is 11.3 Å². The van der Waals surface area contributed by atoms with Crippen molar-refractivity contribution >= 4 is 17.5 Å². The zero-order chi connectivity index (χ0) is 13.1. The molecule has 1 amide bonds. The molecule has 2 heterocycles. The van der Waals surface area contributed by atoms with Gasteiger partial charge >= 0.3 is 0 Å². The summed E-state index contributed by atoms with van der Waals surface area (Å²) in [6, 6.07) is 0. The van der Waals surface area contributed by atoms with E-state index < -0.39 is 0 Å². The van der Waals surface area contributed by atoms with Crippen LogP contribution in [0, 0.1) is 6.92 Å². The molecule has 0 spiro atoms. The van der Waals surface area contributed by atoms with Crippen LogP contribution in [0.5, 0.6) is 0 Å². The van der Waals surface area contributed by atoms with Crippen LogP contribution in [0.15, 0.2) is 18.6 Å². The molecule has 18 heavy (non-hydrogen) atoms. The fraction of sp³-hybridized carbons (Fsp3) is 0.364. The molecular formula is C11H14ClN5O. The van der Waals surface area contributed by atoms with E-state index in [-0.39, 0.29) is 12.5 Å². The molecule has 0 atom stereocenters. The van der Waals surface area contributed by atoms with Gasteiger partial charge in [-0.05, 0) is 6.92 Å². The first kappa shape index (κ1) is 12.6. The molecule has 0 bridgehead atoms. The van der Waals surface area contributed by atoms with Crippen LogP contribution in [0.4, 0.5) is 0 Å². The Balaban J connectivity index is 1.87. The average molecular weight is 268 g/mol. The first-order valence-electron chi connectivity index (χ1n) is 5.48. The molecule has 96 valence electrons. The highest BCUT2D eigenvalue weighted by Gasteiger charge is 2.08. The monoisotopic (exact) mass is 267 g/mol. The van der Waals surface area contributed by atoms with Crippen molar-refractivity contribution in [2.45, 2.75) is 20.0 Å². The van der Waals surface area contributed by atoms with Gasteiger partial charge in [0.05, 0.1) is 23.1 Å². The zero-order valence-corrected chi connectivity index (χ0v) is 11.0. The highest BCUT2D eigenvalue weighted by Crippen LogP contribution is 2.12. The van der Waals surface area contributed by atoms with Crippen molar-refractivity contribution in [2.24, 2.45) is 7.05 Å². The van der Waals surface area contributed by atoms with Gasteiger partial charge in [0.1, 0.15) is 6.54 Å². The van der Waals surface area contributed by atoms with E-state index in [2.05, 4.69) is 15.5 Å². The third-order valence-electron chi connectivity index (χ3n) is 2.58. The second-order valence-electron chi connectivity index (χ2n) is 4.03. The summed E-state index contributed by atoms with van der Waals surface area (Å²) in [5, 5.41) is 11.4. The third-order valence-corrected chi connectivity index (χ3v) is 2.96. The predicted molar refractivity (Wildman–Crippen MR) is 67.0 cm³/mol. The highest BCUT2D eigenvalue weighted by atomic mass is 35.5. The van der Waals surface area contributed by atoms with Gasteiger partial charge in [-0.2, -0.15) is 10.2 Å². The summed E-state index contributed by atoms with van der Waals surface area (Å²) in [4.78, 5) is 11.7. The molecule has 0 aliphatic carbocycles. The van der Waals surface area contributed by atoms with Gasteiger partial charge in [0.2, 0.25) is 5.91 Å². The Morgan fingerprint density at radius 3 is 2.78 bits per heavy atom. The van der Waals surface area contributed by atoms with Crippen molar-refractivity contribution in [3.05, 3.63) is 34.9 Å². The lowest BCUT2D eigenvalue weighted by Crippen LogP contribution is -2.27. The first-order chi connectivity index (χ1) is 8.56. The number of hydrogen-bond donors (Lipinski definition) is 1. The molecule has 0 saturated carbocycles. The van der Waals surface area contributed by atoms with Crippen molar-refractivity contribution in [1.82, 2.24) is 24.9 Å². The second-order valence-corrected chi connectivity index (χ2v) is 4.44. The maximum absolute atomic E-state index is 11.7. The lowest BCUT2D eigenvalue weighted by atomic mass is 10.3. The summed E-state index contributed by atoms with van der Waals surface area (Å²) in [7, 11) is 1.83. The molecule has 2 aromatic rings. The lowest BCUT2D eigenvalue weighted by Gasteiger charge is -2.05. The number of aryl methyl sites for hydroxylation is 1. The Morgan fingerprint density at radius 2 is 2.22 bits per heavy atom. The fourth-order valence-electron chi connectivity index (χ4n) is 1.54. The summed E-state index contributed by atoms with van der Waals surface area (Å²) in [5.41, 5.74) is 1.74. The minimum absolute atomic E-state index is 0.110. The van der Waals surface area contributed by atoms with Gasteiger partial charge in [-0.1, -0.05) is 11.6 Å². The molecule has 0 unspecified atom stereocenters. The number of rotatable bonds is 4. The van der Waals surface area contributed by atoms with Gasteiger partial charge in [-0.3, -0.25) is 14.2 Å². The molecule has 0 radical (unpaired) electrons. The van der Waals surface area contributed by atoms with Crippen LogP contribution >= 0.6 is 11.6 Å². The van der Waals surface area contributed by atoms with Crippen molar-refractivity contribution in [3.63, 3.8) is 0 Å². The Bertz CT molecular complexity index is 560. The number of hydrogen-bond acceptors (Lipinski definition) is 3. The SMILES string of the molecule is Cc1c(Cl)cnn1CC(=O)NCc1cnn(C)c1. The maximum Gasteiger partial charge on any atom is 0.242 e. The maximum atomic E-state index is 11.7. The van der Waals surface area contributed by atoms with Crippen molar-refractivity contribution in [1.29, 1.82) is 0 Å². The molecule has 7 heteroatoms. The minimum Gasteiger partial charge on any atom is -0.350 e. The van der Waals surface area contributed by atoms with E-state index in [1.807, 2.05) is 20.2 Å². The quantitative estimate of drug-likeness (QED) is 0.895. The van der Waals surface area contributed by atoms with Crippen molar-refractivity contribution in [3.8, 4) is 0 Å². The summed E-state index contributed by atoms with van der Waals surface area (Å²) in [6.45, 7) is 2.45. The largest absolute Gasteiger partial charge is 0.350 e. The van der Waals surface area contributed by atoms with E-state index >= 15 is 0 Å². The van der Waals surface area contributed by atoms with E-state index in [0.29, 0.717) is 11.6 Å². The smallest absolute Gasteiger partial charge is 0.242 e. The van der Waals surface area contributed by atoms with Gasteiger partial charge in [-0.25, -0.2) is 0 Å². The van der Waals surface area contributed by atoms with E-state index in [4.69, 9.17) is 11.6 Å². The van der Waals surface area contributed by atoms with Crippen LogP contribution in [0.2, 0.25) is 5.02 Å². The molecule has 1 N–H and O–H groups in total. The summed E-state index contributed by atoms with van der Waals surface area (Å²) in [5.74, 6) is -0.110. The minimum atomic E-state index is -0.110. The second kappa shape index (κ2) is 5.22. The summed E-state index contributed by atoms with van der Waals surface area (Å²) < 4.78 is 3.26. The number of amides is 1. The Labute approximate surface area is 110 Å². The molecule has 0 aliphatic heterocycles. The number of nitrogens with one attached hydrogen (secondary N) is 1. The lowest BCUT2D eigenvalue weighted by molar-refractivity contribution is -0.122. The molecule has 2 rings (SSSR count). The van der Waals surface area contributed by atoms with Crippen LogP contribution in [-0.4, -0.2) is 25.5 Å². The average Bonchev–Trinajstić information content (AvgIpc) is 2.88. The molecule has 2 aromatic heterocycles. The van der Waals surface area contributed by atoms with E-state index in [0.717, 1.165) is 11.3 Å². The van der Waals surface area contributed by atoms with Gasteiger partial charge in [-0.15, -0.1) is 0 Å².